The van der Waals surface area contributed by atoms with Crippen LogP contribution >= 0.6 is 0 Å². The molecule has 0 atom stereocenters. The van der Waals surface area contributed by atoms with Gasteiger partial charge in [-0.25, -0.2) is 16.8 Å². The quantitative estimate of drug-likeness (QED) is 0.357. The third-order valence-electron chi connectivity index (χ3n) is 5.38. The summed E-state index contributed by atoms with van der Waals surface area (Å²) < 4.78 is 57.5. The van der Waals surface area contributed by atoms with E-state index in [1.165, 1.54) is 24.3 Å². The van der Waals surface area contributed by atoms with E-state index in [9.17, 15) is 21.6 Å². The van der Waals surface area contributed by atoms with Gasteiger partial charge in [0.15, 0.2) is 5.78 Å². The Balaban J connectivity index is 1.48. The highest BCUT2D eigenvalue weighted by molar-refractivity contribution is 7.94. The van der Waals surface area contributed by atoms with Crippen molar-refractivity contribution in [2.24, 2.45) is 0 Å². The summed E-state index contributed by atoms with van der Waals surface area (Å²) in [7, 11) is -7.97. The Morgan fingerprint density at radius 3 is 1.74 bits per heavy atom. The zero-order valence-electron chi connectivity index (χ0n) is 17.5. The van der Waals surface area contributed by atoms with Crippen molar-refractivity contribution in [3.05, 3.63) is 113 Å². The molecule has 34 heavy (non-hydrogen) atoms. The SMILES string of the molecule is O=C1c2cc(S(=O)(=O)[N-]c3ccccc3)ccc2-c2ccc(S(=O)(=O)Nc3ccccc3)cc21. The van der Waals surface area contributed by atoms with E-state index < -0.39 is 25.8 Å². The molecule has 0 radical (unpaired) electrons. The van der Waals surface area contributed by atoms with Crippen LogP contribution in [0.5, 0.6) is 0 Å². The van der Waals surface area contributed by atoms with Crippen molar-refractivity contribution in [2.75, 3.05) is 4.72 Å². The summed E-state index contributed by atoms with van der Waals surface area (Å²) in [6, 6.07) is 25.2. The smallest absolute Gasteiger partial charge is 0.261 e. The van der Waals surface area contributed by atoms with E-state index >= 15 is 0 Å². The average molecular weight is 490 g/mol. The van der Waals surface area contributed by atoms with Crippen LogP contribution in [0.3, 0.4) is 0 Å². The Hall–Kier alpha value is -3.95. The first-order valence-electron chi connectivity index (χ1n) is 10.2. The van der Waals surface area contributed by atoms with Gasteiger partial charge in [-0.2, -0.15) is 0 Å². The minimum Gasteiger partial charge on any atom is -0.573 e. The first-order chi connectivity index (χ1) is 16.2. The molecule has 0 unspecified atom stereocenters. The highest BCUT2D eigenvalue weighted by Crippen LogP contribution is 2.40. The van der Waals surface area contributed by atoms with Crippen molar-refractivity contribution in [2.45, 2.75) is 9.79 Å². The van der Waals surface area contributed by atoms with Gasteiger partial charge in [-0.3, -0.25) is 9.52 Å². The lowest BCUT2D eigenvalue weighted by Crippen LogP contribution is -2.13. The number of hydrogen-bond donors (Lipinski definition) is 1. The number of ketones is 1. The monoisotopic (exact) mass is 489 g/mol. The zero-order chi connectivity index (χ0) is 23.9. The van der Waals surface area contributed by atoms with Gasteiger partial charge < -0.3 is 4.72 Å². The third-order valence-corrected chi connectivity index (χ3v) is 8.06. The fraction of sp³-hybridized carbons (Fsp3) is 0. The third kappa shape index (κ3) is 3.95. The number of carbonyl (C=O) groups excluding carboxylic acids is 1. The number of para-hydroxylation sites is 1. The van der Waals surface area contributed by atoms with Crippen molar-refractivity contribution in [1.82, 2.24) is 0 Å². The number of carbonyl (C=O) groups is 1. The van der Waals surface area contributed by atoms with E-state index in [0.717, 1.165) is 0 Å². The maximum atomic E-state index is 13.1. The van der Waals surface area contributed by atoms with Gasteiger partial charge >= 0.3 is 0 Å². The summed E-state index contributed by atoms with van der Waals surface area (Å²) in [5.41, 5.74) is 2.14. The summed E-state index contributed by atoms with van der Waals surface area (Å²) in [6.07, 6.45) is 0. The molecule has 0 aromatic heterocycles. The second-order valence-corrected chi connectivity index (χ2v) is 10.9. The van der Waals surface area contributed by atoms with Crippen molar-refractivity contribution in [3.8, 4) is 11.1 Å². The van der Waals surface area contributed by atoms with Crippen LogP contribution < -0.4 is 4.72 Å². The highest BCUT2D eigenvalue weighted by atomic mass is 32.2. The maximum Gasteiger partial charge on any atom is 0.261 e. The fourth-order valence-corrected chi connectivity index (χ4v) is 5.86. The van der Waals surface area contributed by atoms with Crippen LogP contribution in [0.2, 0.25) is 0 Å². The van der Waals surface area contributed by atoms with Crippen LogP contribution in [-0.2, 0) is 20.0 Å². The molecule has 1 aliphatic carbocycles. The number of nitrogens with one attached hydrogen (secondary N) is 1. The fourth-order valence-electron chi connectivity index (χ4n) is 3.77. The van der Waals surface area contributed by atoms with Crippen molar-refractivity contribution >= 4 is 37.2 Å². The number of fused-ring (bicyclic) bond motifs is 3. The van der Waals surface area contributed by atoms with Gasteiger partial charge in [0.2, 0.25) is 0 Å². The minimum absolute atomic E-state index is 0.0665. The van der Waals surface area contributed by atoms with Gasteiger partial charge in [0, 0.05) is 16.8 Å². The number of sulfonamides is 2. The molecule has 0 saturated carbocycles. The molecule has 1 N–H and O–H groups in total. The Labute approximate surface area is 197 Å². The molecule has 4 aromatic rings. The topological polar surface area (TPSA) is 111 Å². The van der Waals surface area contributed by atoms with E-state index in [-0.39, 0.29) is 26.6 Å². The van der Waals surface area contributed by atoms with Gasteiger partial charge in [-0.05, 0) is 47.5 Å². The number of anilines is 1. The predicted molar refractivity (Wildman–Crippen MR) is 129 cm³/mol. The van der Waals surface area contributed by atoms with E-state index in [1.807, 2.05) is 0 Å². The molecule has 0 heterocycles. The molecule has 5 rings (SSSR count). The molecule has 4 aromatic carbocycles. The van der Waals surface area contributed by atoms with E-state index in [2.05, 4.69) is 9.44 Å². The predicted octanol–water partition coefficient (Wildman–Crippen LogP) is 5.09. The standard InChI is InChI=1S/C25H17N2O5S2/c28-25-23-15-19(33(29,30)26-17-7-3-1-4-8-17)11-13-21(23)22-14-12-20(16-24(22)25)34(31,32)27-18-9-5-2-6-10-18/h1-16,26H/q-1. The number of nitrogens with zero attached hydrogens (tertiary/aromatic N) is 1. The summed E-state index contributed by atoms with van der Waals surface area (Å²) >= 11 is 0. The summed E-state index contributed by atoms with van der Waals surface area (Å²) in [6.45, 7) is 0. The van der Waals surface area contributed by atoms with Crippen LogP contribution in [0.4, 0.5) is 11.4 Å². The Morgan fingerprint density at radius 2 is 1.12 bits per heavy atom. The molecule has 0 spiro atoms. The number of benzene rings is 4. The summed E-state index contributed by atoms with van der Waals surface area (Å²) in [5, 5.41) is 0. The molecule has 9 heteroatoms. The molecule has 0 aliphatic heterocycles. The van der Waals surface area contributed by atoms with E-state index in [4.69, 9.17) is 0 Å². The molecule has 170 valence electrons. The Morgan fingerprint density at radius 1 is 0.588 bits per heavy atom. The largest absolute Gasteiger partial charge is 0.573 e. The lowest BCUT2D eigenvalue weighted by molar-refractivity contribution is 0.104. The van der Waals surface area contributed by atoms with Crippen molar-refractivity contribution in [1.29, 1.82) is 0 Å². The van der Waals surface area contributed by atoms with Gasteiger partial charge in [-0.15, -0.1) is 5.69 Å². The highest BCUT2D eigenvalue weighted by Gasteiger charge is 2.29. The second kappa shape index (κ2) is 8.12. The van der Waals surface area contributed by atoms with Crippen LogP contribution in [0.1, 0.15) is 15.9 Å². The number of hydrogen-bond acceptors (Lipinski definition) is 5. The summed E-state index contributed by atoms with van der Waals surface area (Å²) in [5.74, 6) is -0.446. The zero-order valence-corrected chi connectivity index (χ0v) is 19.2. The van der Waals surface area contributed by atoms with Crippen LogP contribution in [0, 0.1) is 0 Å². The molecular weight excluding hydrogens is 472 g/mol. The molecular formula is C25H17N2O5S2-. The van der Waals surface area contributed by atoms with Gasteiger partial charge in [0.05, 0.1) is 9.79 Å². The van der Waals surface area contributed by atoms with Gasteiger partial charge in [0.25, 0.3) is 10.0 Å². The lowest BCUT2D eigenvalue weighted by atomic mass is 10.1. The van der Waals surface area contributed by atoms with Gasteiger partial charge in [0.1, 0.15) is 10.0 Å². The van der Waals surface area contributed by atoms with E-state index in [0.29, 0.717) is 16.8 Å². The first-order valence-corrected chi connectivity index (χ1v) is 13.1. The second-order valence-electron chi connectivity index (χ2n) is 7.62. The van der Waals surface area contributed by atoms with Crippen molar-refractivity contribution in [3.63, 3.8) is 0 Å². The van der Waals surface area contributed by atoms with Gasteiger partial charge in [-0.1, -0.05) is 60.7 Å². The molecule has 7 nitrogen and oxygen atoms in total. The minimum atomic E-state index is -4.04. The lowest BCUT2D eigenvalue weighted by Gasteiger charge is -2.22. The molecule has 0 bridgehead atoms. The average Bonchev–Trinajstić information content (AvgIpc) is 3.11. The van der Waals surface area contributed by atoms with E-state index in [1.54, 1.807) is 72.8 Å². The van der Waals surface area contributed by atoms with Crippen LogP contribution in [0.25, 0.3) is 15.8 Å². The Bertz CT molecular complexity index is 1510. The molecule has 0 fully saturated rings. The maximum absolute atomic E-state index is 13.1. The molecule has 0 saturated heterocycles. The summed E-state index contributed by atoms with van der Waals surface area (Å²) in [4.78, 5) is 12.9. The molecule has 1 aliphatic rings. The van der Waals surface area contributed by atoms with Crippen LogP contribution in [0.15, 0.2) is 107 Å². The molecule has 0 amide bonds. The van der Waals surface area contributed by atoms with Crippen molar-refractivity contribution < 1.29 is 21.6 Å². The van der Waals surface area contributed by atoms with Crippen LogP contribution in [-0.4, -0.2) is 22.6 Å². The first kappa shape index (κ1) is 21.9. The Kier molecular flexibility index (Phi) is 5.22. The number of rotatable bonds is 6. The normalized spacial score (nSPS) is 12.6.